The second kappa shape index (κ2) is 9.23. The maximum absolute atomic E-state index is 9.10. The first-order valence-corrected chi connectivity index (χ1v) is 8.24. The Balaban J connectivity index is 0.000000380. The minimum absolute atomic E-state index is 0.0882. The van der Waals surface area contributed by atoms with E-state index in [1.54, 1.807) is 0 Å². The molecule has 0 radical (unpaired) electrons. The molecule has 0 saturated carbocycles. The Kier molecular flexibility index (Phi) is 6.76. The van der Waals surface area contributed by atoms with Crippen LogP contribution in [0.3, 0.4) is 0 Å². The molecule has 1 heterocycles. The number of nitrogens with two attached hydrogens (primary N) is 1. The maximum atomic E-state index is 9.10. The Morgan fingerprint density at radius 1 is 1.15 bits per heavy atom. The van der Waals surface area contributed by atoms with Crippen molar-refractivity contribution in [1.82, 2.24) is 5.32 Å². The highest BCUT2D eigenvalue weighted by molar-refractivity contribution is 6.27. The number of nitrogens with zero attached hydrogens (tertiary/aromatic N) is 1. The Morgan fingerprint density at radius 2 is 1.85 bits per heavy atom. The van der Waals surface area contributed by atoms with Crippen LogP contribution < -0.4 is 15.8 Å². The predicted octanol–water partition coefficient (Wildman–Crippen LogP) is 1.86. The second-order valence-corrected chi connectivity index (χ2v) is 5.69. The molecule has 0 bridgehead atoms. The van der Waals surface area contributed by atoms with Gasteiger partial charge in [-0.3, -0.25) is 4.99 Å². The summed E-state index contributed by atoms with van der Waals surface area (Å²) in [6.07, 6.45) is -0.0882. The Morgan fingerprint density at radius 3 is 2.44 bits per heavy atom. The number of aliphatic imine (C=N–C) groups is 1. The number of hydrogen-bond donors (Lipinski definition) is 4. The van der Waals surface area contributed by atoms with E-state index in [0.717, 1.165) is 41.5 Å². The molecular weight excluding hydrogens is 350 g/mol. The third-order valence-electron chi connectivity index (χ3n) is 3.66. The molecule has 5 N–H and O–H groups in total. The number of carbonyl (C=O) groups is 2. The number of carboxylic acids is 2. The zero-order chi connectivity index (χ0) is 19.8. The van der Waals surface area contributed by atoms with E-state index in [2.05, 4.69) is 10.3 Å². The summed E-state index contributed by atoms with van der Waals surface area (Å²) in [5.74, 6) is -1.89. The van der Waals surface area contributed by atoms with Crippen molar-refractivity contribution in [1.29, 1.82) is 0 Å². The van der Waals surface area contributed by atoms with Crippen LogP contribution in [-0.2, 0) is 9.59 Å². The molecule has 142 valence electrons. The zero-order valence-electron chi connectivity index (χ0n) is 14.8. The number of hydrogen-bond acceptors (Lipinski definition) is 6. The number of anilines is 1. The van der Waals surface area contributed by atoms with Crippen molar-refractivity contribution in [2.75, 3.05) is 18.8 Å². The van der Waals surface area contributed by atoms with E-state index in [1.165, 1.54) is 0 Å². The Hall–Kier alpha value is -3.55. The fourth-order valence-electron chi connectivity index (χ4n) is 2.45. The van der Waals surface area contributed by atoms with Crippen LogP contribution in [0.2, 0.25) is 0 Å². The van der Waals surface area contributed by atoms with Gasteiger partial charge in [-0.2, -0.15) is 0 Å². The monoisotopic (exact) mass is 371 g/mol. The van der Waals surface area contributed by atoms with Crippen LogP contribution in [0.25, 0.3) is 11.1 Å². The normalized spacial score (nSPS) is 13.4. The molecule has 2 aromatic rings. The molecule has 0 saturated heterocycles. The van der Waals surface area contributed by atoms with Crippen LogP contribution in [0.15, 0.2) is 53.5 Å². The van der Waals surface area contributed by atoms with Gasteiger partial charge < -0.3 is 26.0 Å². The number of amidine groups is 1. The van der Waals surface area contributed by atoms with Gasteiger partial charge in [-0.15, -0.1) is 0 Å². The van der Waals surface area contributed by atoms with E-state index in [0.29, 0.717) is 0 Å². The molecule has 0 spiro atoms. The fourth-order valence-corrected chi connectivity index (χ4v) is 2.45. The van der Waals surface area contributed by atoms with Gasteiger partial charge in [0, 0.05) is 17.8 Å². The van der Waals surface area contributed by atoms with Gasteiger partial charge in [0.2, 0.25) is 0 Å². The van der Waals surface area contributed by atoms with Crippen molar-refractivity contribution in [3.8, 4) is 16.9 Å². The summed E-state index contributed by atoms with van der Waals surface area (Å²) in [4.78, 5) is 22.6. The van der Waals surface area contributed by atoms with E-state index in [-0.39, 0.29) is 6.10 Å². The van der Waals surface area contributed by atoms with Crippen LogP contribution in [0.4, 0.5) is 5.69 Å². The number of rotatable bonds is 4. The summed E-state index contributed by atoms with van der Waals surface area (Å²) in [6, 6.07) is 15.8. The average molecular weight is 371 g/mol. The third kappa shape index (κ3) is 5.74. The predicted molar refractivity (Wildman–Crippen MR) is 102 cm³/mol. The van der Waals surface area contributed by atoms with E-state index in [1.807, 2.05) is 55.5 Å². The zero-order valence-corrected chi connectivity index (χ0v) is 14.8. The molecule has 1 aliphatic rings. The molecule has 1 atom stereocenters. The van der Waals surface area contributed by atoms with Gasteiger partial charge in [0.25, 0.3) is 0 Å². The number of para-hydroxylation sites is 1. The number of nitrogens with one attached hydrogen (secondary N) is 1. The van der Waals surface area contributed by atoms with Crippen molar-refractivity contribution in [3.05, 3.63) is 48.5 Å². The van der Waals surface area contributed by atoms with Gasteiger partial charge in [-0.05, 0) is 30.7 Å². The van der Waals surface area contributed by atoms with E-state index in [9.17, 15) is 0 Å². The number of nitrogen functional groups attached to an aromatic ring is 1. The second-order valence-electron chi connectivity index (χ2n) is 5.69. The van der Waals surface area contributed by atoms with Crippen LogP contribution >= 0.6 is 0 Å². The van der Waals surface area contributed by atoms with Crippen LogP contribution in [0.1, 0.15) is 6.92 Å². The molecule has 0 aromatic heterocycles. The largest absolute Gasteiger partial charge is 0.482 e. The maximum Gasteiger partial charge on any atom is 0.414 e. The molecule has 0 aliphatic carbocycles. The van der Waals surface area contributed by atoms with Crippen LogP contribution in [0.5, 0.6) is 5.75 Å². The quantitative estimate of drug-likeness (QED) is 0.476. The molecule has 8 nitrogen and oxygen atoms in total. The molecule has 0 amide bonds. The lowest BCUT2D eigenvalue weighted by atomic mass is 10.0. The number of carboxylic acid groups (broad SMARTS) is 2. The van der Waals surface area contributed by atoms with E-state index >= 15 is 0 Å². The Bertz CT molecular complexity index is 839. The minimum atomic E-state index is -1.82. The molecule has 0 unspecified atom stereocenters. The smallest absolute Gasteiger partial charge is 0.414 e. The first-order valence-electron chi connectivity index (χ1n) is 8.24. The lowest BCUT2D eigenvalue weighted by Gasteiger charge is -2.18. The SMILES string of the molecule is C[C@@H](Oc1ccccc1-c1cccc(N)c1)C1=NCCN1.O=C(O)C(=O)O. The van der Waals surface area contributed by atoms with Crippen LogP contribution in [-0.4, -0.2) is 47.2 Å². The first kappa shape index (κ1) is 19.8. The summed E-state index contributed by atoms with van der Waals surface area (Å²) in [5.41, 5.74) is 8.72. The lowest BCUT2D eigenvalue weighted by Crippen LogP contribution is -2.33. The van der Waals surface area contributed by atoms with E-state index in [4.69, 9.17) is 30.3 Å². The first-order chi connectivity index (χ1) is 12.9. The van der Waals surface area contributed by atoms with Crippen molar-refractivity contribution in [2.24, 2.45) is 4.99 Å². The van der Waals surface area contributed by atoms with Crippen molar-refractivity contribution < 1.29 is 24.5 Å². The fraction of sp³-hybridized carbons (Fsp3) is 0.211. The summed E-state index contributed by atoms with van der Waals surface area (Å²) in [5, 5.41) is 18.0. The highest BCUT2D eigenvalue weighted by atomic mass is 16.5. The van der Waals surface area contributed by atoms with Crippen molar-refractivity contribution >= 4 is 23.5 Å². The summed E-state index contributed by atoms with van der Waals surface area (Å²) < 4.78 is 6.09. The van der Waals surface area contributed by atoms with E-state index < -0.39 is 11.9 Å². The summed E-state index contributed by atoms with van der Waals surface area (Å²) in [7, 11) is 0. The van der Waals surface area contributed by atoms with Crippen LogP contribution in [0, 0.1) is 0 Å². The van der Waals surface area contributed by atoms with Gasteiger partial charge in [0.15, 0.2) is 6.10 Å². The van der Waals surface area contributed by atoms with Crippen molar-refractivity contribution in [3.63, 3.8) is 0 Å². The van der Waals surface area contributed by atoms with Gasteiger partial charge in [0.05, 0.1) is 6.54 Å². The summed E-state index contributed by atoms with van der Waals surface area (Å²) in [6.45, 7) is 3.72. The lowest BCUT2D eigenvalue weighted by molar-refractivity contribution is -0.159. The standard InChI is InChI=1S/C17H19N3O.C2H2O4/c1-12(17-19-9-10-20-17)21-16-8-3-2-7-15(16)13-5-4-6-14(18)11-13;3-1(4)2(5)6/h2-8,11-12H,9-10,18H2,1H3,(H,19,20);(H,3,4)(H,5,6)/t12-;/m1./s1. The molecule has 27 heavy (non-hydrogen) atoms. The molecule has 8 heteroatoms. The van der Waals surface area contributed by atoms with Gasteiger partial charge in [0.1, 0.15) is 11.6 Å². The van der Waals surface area contributed by atoms with Gasteiger partial charge >= 0.3 is 11.9 Å². The molecular formula is C19H21N3O5. The van der Waals surface area contributed by atoms with Crippen molar-refractivity contribution in [2.45, 2.75) is 13.0 Å². The highest BCUT2D eigenvalue weighted by Crippen LogP contribution is 2.31. The molecule has 1 aliphatic heterocycles. The average Bonchev–Trinajstić information content (AvgIpc) is 3.17. The topological polar surface area (TPSA) is 134 Å². The molecule has 0 fully saturated rings. The third-order valence-corrected chi connectivity index (χ3v) is 3.66. The van der Waals surface area contributed by atoms with Gasteiger partial charge in [-0.25, -0.2) is 9.59 Å². The number of benzene rings is 2. The van der Waals surface area contributed by atoms with Gasteiger partial charge in [-0.1, -0.05) is 30.3 Å². The minimum Gasteiger partial charge on any atom is -0.482 e. The number of aliphatic carboxylic acids is 2. The molecule has 3 rings (SSSR count). The summed E-state index contributed by atoms with van der Waals surface area (Å²) >= 11 is 0. The number of ether oxygens (including phenoxy) is 1. The Labute approximate surface area is 156 Å². The molecule has 2 aromatic carbocycles. The highest BCUT2D eigenvalue weighted by Gasteiger charge is 2.17.